The lowest BCUT2D eigenvalue weighted by Gasteiger charge is -2.23. The van der Waals surface area contributed by atoms with Crippen LogP contribution >= 0.6 is 0 Å². The van der Waals surface area contributed by atoms with Crippen molar-refractivity contribution in [3.05, 3.63) is 82.4 Å². The largest absolute Gasteiger partial charge is 0.207 e. The van der Waals surface area contributed by atoms with E-state index in [9.17, 15) is 8.78 Å². The van der Waals surface area contributed by atoms with Crippen molar-refractivity contribution in [2.45, 2.75) is 26.2 Å². The minimum atomic E-state index is -0.465. The molecule has 1 aliphatic rings. The van der Waals surface area contributed by atoms with E-state index < -0.39 is 5.82 Å². The lowest BCUT2D eigenvalue weighted by molar-refractivity contribution is 0.548. The molecule has 1 nitrogen and oxygen atoms in total. The fraction of sp³-hybridized carbons (Fsp3) is 0.174. The van der Waals surface area contributed by atoms with Gasteiger partial charge in [0, 0.05) is 5.56 Å². The smallest absolute Gasteiger partial charge is 0.133 e. The second kappa shape index (κ2) is 6.38. The first-order valence-electron chi connectivity index (χ1n) is 8.76. The Morgan fingerprint density at radius 3 is 2.35 bits per heavy atom. The molecule has 0 atom stereocenters. The van der Waals surface area contributed by atoms with E-state index in [4.69, 9.17) is 5.26 Å². The van der Waals surface area contributed by atoms with Gasteiger partial charge in [-0.15, -0.1) is 0 Å². The van der Waals surface area contributed by atoms with Crippen molar-refractivity contribution in [3.63, 3.8) is 0 Å². The van der Waals surface area contributed by atoms with Gasteiger partial charge in [0.15, 0.2) is 0 Å². The van der Waals surface area contributed by atoms with Crippen LogP contribution in [-0.2, 0) is 19.3 Å². The summed E-state index contributed by atoms with van der Waals surface area (Å²) < 4.78 is 28.9. The zero-order valence-corrected chi connectivity index (χ0v) is 14.4. The summed E-state index contributed by atoms with van der Waals surface area (Å²) in [5.74, 6) is -0.850. The predicted octanol–water partition coefficient (Wildman–Crippen LogP) is 5.83. The molecule has 3 heteroatoms. The van der Waals surface area contributed by atoms with E-state index in [1.807, 2.05) is 24.3 Å². The molecule has 0 aliphatic heterocycles. The first-order chi connectivity index (χ1) is 12.6. The van der Waals surface area contributed by atoms with Crippen LogP contribution in [0.2, 0.25) is 0 Å². The maximum atomic E-state index is 14.7. The predicted molar refractivity (Wildman–Crippen MR) is 98.7 cm³/mol. The van der Waals surface area contributed by atoms with E-state index in [1.165, 1.54) is 6.07 Å². The topological polar surface area (TPSA) is 23.8 Å². The Labute approximate surface area is 151 Å². The van der Waals surface area contributed by atoms with Crippen LogP contribution in [0.3, 0.4) is 0 Å². The first kappa shape index (κ1) is 16.5. The number of halogens is 2. The Hall–Kier alpha value is -2.99. The molecule has 0 saturated carbocycles. The van der Waals surface area contributed by atoms with Crippen molar-refractivity contribution in [1.29, 1.82) is 5.26 Å². The molecule has 0 fully saturated rings. The Morgan fingerprint density at radius 1 is 0.923 bits per heavy atom. The van der Waals surface area contributed by atoms with Crippen molar-refractivity contribution in [3.8, 4) is 28.3 Å². The molecule has 0 bridgehead atoms. The molecule has 3 aromatic carbocycles. The van der Waals surface area contributed by atoms with E-state index in [2.05, 4.69) is 12.1 Å². The average molecular weight is 345 g/mol. The molecule has 3 aromatic rings. The molecule has 0 amide bonds. The molecule has 0 spiro atoms. The number of rotatable bonds is 2. The fourth-order valence-corrected chi connectivity index (χ4v) is 3.75. The normalized spacial score (nSPS) is 12.2. The summed E-state index contributed by atoms with van der Waals surface area (Å²) in [6, 6.07) is 17.0. The Bertz CT molecular complexity index is 1040. The number of benzene rings is 3. The van der Waals surface area contributed by atoms with Gasteiger partial charge in [-0.2, -0.15) is 5.26 Å². The van der Waals surface area contributed by atoms with E-state index in [0.29, 0.717) is 29.5 Å². The number of hydrogen-bond donors (Lipinski definition) is 0. The maximum absolute atomic E-state index is 14.7. The molecular formula is C23H17F2N. The van der Waals surface area contributed by atoms with E-state index in [-0.39, 0.29) is 11.4 Å². The average Bonchev–Trinajstić information content (AvgIpc) is 2.68. The van der Waals surface area contributed by atoms with E-state index in [1.54, 1.807) is 19.1 Å². The quantitative estimate of drug-likeness (QED) is 0.573. The van der Waals surface area contributed by atoms with Crippen molar-refractivity contribution < 1.29 is 8.78 Å². The lowest BCUT2D eigenvalue weighted by atomic mass is 9.82. The van der Waals surface area contributed by atoms with Crippen LogP contribution in [0.1, 0.15) is 29.2 Å². The van der Waals surface area contributed by atoms with Crippen LogP contribution in [0.15, 0.2) is 48.5 Å². The van der Waals surface area contributed by atoms with Gasteiger partial charge in [0.2, 0.25) is 0 Å². The minimum Gasteiger partial charge on any atom is -0.207 e. The van der Waals surface area contributed by atoms with Crippen LogP contribution in [-0.4, -0.2) is 0 Å². The number of fused-ring (bicyclic) bond motifs is 3. The number of aryl methyl sites for hydroxylation is 1. The van der Waals surface area contributed by atoms with Crippen molar-refractivity contribution in [1.82, 2.24) is 0 Å². The van der Waals surface area contributed by atoms with Crippen LogP contribution < -0.4 is 0 Å². The lowest BCUT2D eigenvalue weighted by Crippen LogP contribution is -2.10. The van der Waals surface area contributed by atoms with Gasteiger partial charge in [-0.1, -0.05) is 37.3 Å². The highest BCUT2D eigenvalue weighted by molar-refractivity contribution is 5.78. The molecule has 0 aromatic heterocycles. The molecule has 4 rings (SSSR count). The Morgan fingerprint density at radius 2 is 1.65 bits per heavy atom. The highest BCUT2D eigenvalue weighted by Gasteiger charge is 2.23. The van der Waals surface area contributed by atoms with Gasteiger partial charge in [0.1, 0.15) is 11.6 Å². The minimum absolute atomic E-state index is 0.182. The van der Waals surface area contributed by atoms with Crippen LogP contribution in [0.4, 0.5) is 8.78 Å². The van der Waals surface area contributed by atoms with Gasteiger partial charge in [-0.05, 0) is 70.8 Å². The Balaban J connectivity index is 1.81. The molecule has 0 saturated heterocycles. The van der Waals surface area contributed by atoms with Crippen LogP contribution in [0, 0.1) is 23.0 Å². The second-order valence-electron chi connectivity index (χ2n) is 6.59. The summed E-state index contributed by atoms with van der Waals surface area (Å²) in [7, 11) is 0. The molecular weight excluding hydrogens is 328 g/mol. The standard InChI is InChI=1S/C23H17F2N/c1-2-18-22(24)12-21-19-9-7-16(15-5-3-14(13-26)4-6-15)11-17(19)8-10-20(21)23(18)25/h3-7,9,11-12H,2,8,10H2,1H3. The number of hydrogen-bond acceptors (Lipinski definition) is 1. The third kappa shape index (κ3) is 2.59. The zero-order valence-electron chi connectivity index (χ0n) is 14.4. The summed E-state index contributed by atoms with van der Waals surface area (Å²) in [6.07, 6.45) is 1.67. The number of nitrogens with zero attached hydrogens (tertiary/aromatic N) is 1. The van der Waals surface area contributed by atoms with Gasteiger partial charge in [0.05, 0.1) is 11.6 Å². The summed E-state index contributed by atoms with van der Waals surface area (Å²) in [5.41, 5.74) is 6.18. The second-order valence-corrected chi connectivity index (χ2v) is 6.59. The highest BCUT2D eigenvalue weighted by Crippen LogP contribution is 2.38. The summed E-state index contributed by atoms with van der Waals surface area (Å²) in [4.78, 5) is 0. The van der Waals surface area contributed by atoms with Crippen LogP contribution in [0.25, 0.3) is 22.3 Å². The van der Waals surface area contributed by atoms with Crippen molar-refractivity contribution in [2.75, 3.05) is 0 Å². The molecule has 0 heterocycles. The third-order valence-electron chi connectivity index (χ3n) is 5.16. The number of nitriles is 1. The fourth-order valence-electron chi connectivity index (χ4n) is 3.75. The van der Waals surface area contributed by atoms with E-state index in [0.717, 1.165) is 28.7 Å². The van der Waals surface area contributed by atoms with Gasteiger partial charge in [-0.25, -0.2) is 8.78 Å². The summed E-state index contributed by atoms with van der Waals surface area (Å²) >= 11 is 0. The molecule has 128 valence electrons. The highest BCUT2D eigenvalue weighted by atomic mass is 19.1. The zero-order chi connectivity index (χ0) is 18.3. The molecule has 0 radical (unpaired) electrons. The van der Waals surface area contributed by atoms with Gasteiger partial charge < -0.3 is 0 Å². The summed E-state index contributed by atoms with van der Waals surface area (Å²) in [6.45, 7) is 1.77. The van der Waals surface area contributed by atoms with Crippen LogP contribution in [0.5, 0.6) is 0 Å². The third-order valence-corrected chi connectivity index (χ3v) is 5.16. The van der Waals surface area contributed by atoms with Crippen molar-refractivity contribution in [2.24, 2.45) is 0 Å². The van der Waals surface area contributed by atoms with Gasteiger partial charge in [0.25, 0.3) is 0 Å². The Kier molecular flexibility index (Phi) is 4.05. The van der Waals surface area contributed by atoms with Gasteiger partial charge in [-0.3, -0.25) is 0 Å². The maximum Gasteiger partial charge on any atom is 0.133 e. The summed E-state index contributed by atoms with van der Waals surface area (Å²) in [5, 5.41) is 8.92. The van der Waals surface area contributed by atoms with Crippen molar-refractivity contribution >= 4 is 0 Å². The molecule has 1 aliphatic carbocycles. The molecule has 0 unspecified atom stereocenters. The van der Waals surface area contributed by atoms with Gasteiger partial charge >= 0.3 is 0 Å². The molecule has 0 N–H and O–H groups in total. The SMILES string of the molecule is CCc1c(F)cc2c(c1F)CCc1cc(-c3ccc(C#N)cc3)ccc1-2. The monoisotopic (exact) mass is 345 g/mol. The van der Waals surface area contributed by atoms with E-state index >= 15 is 0 Å². The molecule has 26 heavy (non-hydrogen) atoms. The first-order valence-corrected chi connectivity index (χ1v) is 8.76.